The summed E-state index contributed by atoms with van der Waals surface area (Å²) in [6.45, 7) is 3.63. The molecule has 1 atom stereocenters. The van der Waals surface area contributed by atoms with Gasteiger partial charge in [0, 0.05) is 24.6 Å². The molecule has 4 aromatic rings. The maximum Gasteiger partial charge on any atom is 0.259 e. The largest absolute Gasteiger partial charge is 0.376 e. The van der Waals surface area contributed by atoms with Crippen LogP contribution in [-0.2, 0) is 22.3 Å². The number of ether oxygens (including phenoxy) is 2. The van der Waals surface area contributed by atoms with Crippen molar-refractivity contribution in [3.63, 3.8) is 0 Å². The Hall–Kier alpha value is -3.80. The molecule has 0 bridgehead atoms. The molecular formula is C33H37N5O3. The highest BCUT2D eigenvalue weighted by molar-refractivity contribution is 5.70. The van der Waals surface area contributed by atoms with Crippen LogP contribution < -0.4 is 5.56 Å². The zero-order chi connectivity index (χ0) is 28.2. The Labute approximate surface area is 240 Å². The van der Waals surface area contributed by atoms with E-state index in [0.717, 1.165) is 85.9 Å². The molecule has 1 unspecified atom stereocenters. The number of aromatic nitrogens is 4. The molecule has 1 aliphatic carbocycles. The van der Waals surface area contributed by atoms with Crippen LogP contribution in [0.1, 0.15) is 80.3 Å². The highest BCUT2D eigenvalue weighted by Crippen LogP contribution is 2.31. The molecule has 41 heavy (non-hydrogen) atoms. The van der Waals surface area contributed by atoms with Gasteiger partial charge in [-0.25, -0.2) is 4.52 Å². The van der Waals surface area contributed by atoms with Gasteiger partial charge in [-0.2, -0.15) is 15.3 Å². The molecule has 8 nitrogen and oxygen atoms in total. The van der Waals surface area contributed by atoms with E-state index < -0.39 is 0 Å². The van der Waals surface area contributed by atoms with Crippen molar-refractivity contribution >= 4 is 5.78 Å². The Kier molecular flexibility index (Phi) is 8.26. The topological polar surface area (TPSA) is 94.4 Å². The molecule has 0 radical (unpaired) electrons. The molecule has 2 aromatic heterocycles. The van der Waals surface area contributed by atoms with Crippen molar-refractivity contribution in [2.45, 2.75) is 83.0 Å². The lowest BCUT2D eigenvalue weighted by molar-refractivity contribution is -0.0366. The van der Waals surface area contributed by atoms with E-state index in [2.05, 4.69) is 35.2 Å². The third-order valence-electron chi connectivity index (χ3n) is 8.56. The van der Waals surface area contributed by atoms with E-state index in [1.165, 1.54) is 0 Å². The quantitative estimate of drug-likeness (QED) is 0.267. The van der Waals surface area contributed by atoms with Gasteiger partial charge in [0.05, 0.1) is 36.1 Å². The van der Waals surface area contributed by atoms with Crippen LogP contribution >= 0.6 is 0 Å². The van der Waals surface area contributed by atoms with E-state index >= 15 is 0 Å². The predicted octanol–water partition coefficient (Wildman–Crippen LogP) is 5.65. The first-order valence-corrected chi connectivity index (χ1v) is 14.9. The predicted molar refractivity (Wildman–Crippen MR) is 157 cm³/mol. The number of hydrogen-bond acceptors (Lipinski definition) is 6. The third kappa shape index (κ3) is 5.70. The van der Waals surface area contributed by atoms with E-state index in [4.69, 9.17) is 9.47 Å². The van der Waals surface area contributed by atoms with Crippen molar-refractivity contribution in [3.05, 3.63) is 87.6 Å². The summed E-state index contributed by atoms with van der Waals surface area (Å²) in [5.41, 5.74) is 5.36. The van der Waals surface area contributed by atoms with Crippen molar-refractivity contribution < 1.29 is 9.47 Å². The average Bonchev–Trinajstić information content (AvgIpc) is 3.72. The number of rotatable bonds is 9. The molecule has 0 N–H and O–H groups in total. The van der Waals surface area contributed by atoms with Gasteiger partial charge in [0.2, 0.25) is 5.78 Å². The average molecular weight is 552 g/mol. The maximum absolute atomic E-state index is 14.2. The maximum atomic E-state index is 14.2. The summed E-state index contributed by atoms with van der Waals surface area (Å²) in [7, 11) is 0. The molecule has 212 valence electrons. The fourth-order valence-corrected chi connectivity index (χ4v) is 6.41. The molecule has 2 fully saturated rings. The Balaban J connectivity index is 1.27. The molecule has 3 heterocycles. The van der Waals surface area contributed by atoms with Gasteiger partial charge in [-0.15, -0.1) is 0 Å². The first-order chi connectivity index (χ1) is 20.2. The van der Waals surface area contributed by atoms with Gasteiger partial charge in [-0.1, -0.05) is 55.8 Å². The summed E-state index contributed by atoms with van der Waals surface area (Å²) in [6, 6.07) is 18.2. The Morgan fingerprint density at radius 2 is 1.88 bits per heavy atom. The Bertz CT molecular complexity index is 1590. The van der Waals surface area contributed by atoms with Crippen molar-refractivity contribution in [3.8, 4) is 17.2 Å². The molecule has 1 saturated carbocycles. The van der Waals surface area contributed by atoms with E-state index in [0.29, 0.717) is 24.4 Å². The van der Waals surface area contributed by atoms with Gasteiger partial charge in [-0.3, -0.25) is 9.36 Å². The normalized spacial score (nSPS) is 20.8. The van der Waals surface area contributed by atoms with Crippen LogP contribution in [0.3, 0.4) is 0 Å². The zero-order valence-corrected chi connectivity index (χ0v) is 23.7. The molecule has 2 aliphatic rings. The summed E-state index contributed by atoms with van der Waals surface area (Å²) in [5.74, 6) is 0.634. The number of hydrogen-bond donors (Lipinski definition) is 0. The molecule has 1 saturated heterocycles. The highest BCUT2D eigenvalue weighted by atomic mass is 16.5. The molecule has 1 aliphatic heterocycles. The SMILES string of the molecule is CCCc1c(Cc2ccc(-c3ccccc3C#N)cc2)c(=O)n(C2CCC(OCC3CCCO3)CC2)c2ncnn12. The summed E-state index contributed by atoms with van der Waals surface area (Å²) in [5, 5.41) is 14.1. The second-order valence-corrected chi connectivity index (χ2v) is 11.3. The summed E-state index contributed by atoms with van der Waals surface area (Å²) in [6.07, 6.45) is 9.96. The minimum absolute atomic E-state index is 0.0385. The van der Waals surface area contributed by atoms with Crippen LogP contribution in [0, 0.1) is 11.3 Å². The summed E-state index contributed by atoms with van der Waals surface area (Å²) in [4.78, 5) is 18.8. The van der Waals surface area contributed by atoms with E-state index in [9.17, 15) is 10.1 Å². The molecule has 2 aromatic carbocycles. The van der Waals surface area contributed by atoms with Crippen LogP contribution in [0.4, 0.5) is 0 Å². The van der Waals surface area contributed by atoms with Gasteiger partial charge in [0.1, 0.15) is 6.33 Å². The first kappa shape index (κ1) is 27.4. The summed E-state index contributed by atoms with van der Waals surface area (Å²) < 4.78 is 15.7. The number of fused-ring (bicyclic) bond motifs is 1. The highest BCUT2D eigenvalue weighted by Gasteiger charge is 2.29. The molecular weight excluding hydrogens is 514 g/mol. The lowest BCUT2D eigenvalue weighted by atomic mass is 9.92. The van der Waals surface area contributed by atoms with Crippen LogP contribution in [0.5, 0.6) is 0 Å². The van der Waals surface area contributed by atoms with Crippen LogP contribution in [0.25, 0.3) is 16.9 Å². The minimum atomic E-state index is 0.0385. The summed E-state index contributed by atoms with van der Waals surface area (Å²) >= 11 is 0. The standard InChI is InChI=1S/C33H37N5O3/c1-2-6-31-30(19-23-10-12-24(13-11-23)29-9-4-3-7-25(29)20-34)32(39)37(33-35-22-36-38(31)33)26-14-16-27(17-15-26)41-21-28-8-5-18-40-28/h3-4,7,9-13,22,26-28H,2,5-6,8,14-19,21H2,1H3. The number of nitriles is 1. The van der Waals surface area contributed by atoms with Crippen molar-refractivity contribution in [1.82, 2.24) is 19.2 Å². The monoisotopic (exact) mass is 551 g/mol. The number of nitrogens with zero attached hydrogens (tertiary/aromatic N) is 5. The fourth-order valence-electron chi connectivity index (χ4n) is 6.41. The van der Waals surface area contributed by atoms with E-state index in [1.807, 2.05) is 45.5 Å². The smallest absolute Gasteiger partial charge is 0.259 e. The van der Waals surface area contributed by atoms with Gasteiger partial charge in [-0.05, 0) is 67.7 Å². The van der Waals surface area contributed by atoms with E-state index in [1.54, 1.807) is 6.33 Å². The van der Waals surface area contributed by atoms with Crippen molar-refractivity contribution in [2.75, 3.05) is 13.2 Å². The van der Waals surface area contributed by atoms with E-state index in [-0.39, 0.29) is 23.8 Å². The van der Waals surface area contributed by atoms with Crippen LogP contribution in [0.2, 0.25) is 0 Å². The van der Waals surface area contributed by atoms with Crippen LogP contribution in [-0.4, -0.2) is 44.6 Å². The minimum Gasteiger partial charge on any atom is -0.376 e. The Morgan fingerprint density at radius 1 is 1.07 bits per heavy atom. The molecule has 6 rings (SSSR count). The lowest BCUT2D eigenvalue weighted by Gasteiger charge is -2.31. The molecule has 8 heteroatoms. The van der Waals surface area contributed by atoms with Crippen LogP contribution in [0.15, 0.2) is 59.7 Å². The second kappa shape index (κ2) is 12.4. The van der Waals surface area contributed by atoms with Gasteiger partial charge < -0.3 is 9.47 Å². The number of aryl methyl sites for hydroxylation is 1. The third-order valence-corrected chi connectivity index (χ3v) is 8.56. The van der Waals surface area contributed by atoms with Crippen molar-refractivity contribution in [2.24, 2.45) is 0 Å². The second-order valence-electron chi connectivity index (χ2n) is 11.3. The van der Waals surface area contributed by atoms with Gasteiger partial charge in [0.25, 0.3) is 5.56 Å². The fraction of sp³-hybridized carbons (Fsp3) is 0.455. The molecule has 0 amide bonds. The zero-order valence-electron chi connectivity index (χ0n) is 23.7. The van der Waals surface area contributed by atoms with Crippen molar-refractivity contribution in [1.29, 1.82) is 5.26 Å². The van der Waals surface area contributed by atoms with Gasteiger partial charge >= 0.3 is 0 Å². The number of benzene rings is 2. The Morgan fingerprint density at radius 3 is 2.61 bits per heavy atom. The molecule has 0 spiro atoms. The lowest BCUT2D eigenvalue weighted by Crippen LogP contribution is -2.35. The first-order valence-electron chi connectivity index (χ1n) is 14.9. The van der Waals surface area contributed by atoms with Gasteiger partial charge in [0.15, 0.2) is 0 Å².